The third kappa shape index (κ3) is 7.02. The van der Waals surface area contributed by atoms with Crippen molar-refractivity contribution in [2.75, 3.05) is 11.1 Å². The predicted molar refractivity (Wildman–Crippen MR) is 99.4 cm³/mol. The first-order chi connectivity index (χ1) is 12.0. The monoisotopic (exact) mass is 379 g/mol. The number of nitrogens with one attached hydrogen (secondary N) is 1. The lowest BCUT2D eigenvalue weighted by Crippen LogP contribution is -2.22. The Hall–Kier alpha value is -2.26. The molecule has 0 radical (unpaired) electrons. The molecule has 1 amide bonds. The van der Waals surface area contributed by atoms with Crippen LogP contribution in [0.4, 0.5) is 10.6 Å². The molecule has 132 valence electrons. The normalized spacial score (nSPS) is 10.3. The fourth-order valence-corrected chi connectivity index (χ4v) is 3.19. The second kappa shape index (κ2) is 9.90. The lowest BCUT2D eigenvalue weighted by Gasteiger charge is -2.05. The van der Waals surface area contributed by atoms with Crippen LogP contribution in [0, 0.1) is 0 Å². The second-order valence-electron chi connectivity index (χ2n) is 4.93. The Kier molecular flexibility index (Phi) is 7.55. The van der Waals surface area contributed by atoms with Gasteiger partial charge in [-0.3, -0.25) is 4.79 Å². The van der Waals surface area contributed by atoms with Crippen molar-refractivity contribution < 1.29 is 14.3 Å². The summed E-state index contributed by atoms with van der Waals surface area (Å²) in [4.78, 5) is 38.4. The second-order valence-corrected chi connectivity index (χ2v) is 7.29. The van der Waals surface area contributed by atoms with Crippen molar-refractivity contribution in [3.05, 3.63) is 58.6 Å². The number of hydrogen-bond acceptors (Lipinski definition) is 7. The zero-order valence-corrected chi connectivity index (χ0v) is 15.1. The van der Waals surface area contributed by atoms with Crippen molar-refractivity contribution in [3.63, 3.8) is 0 Å². The molecule has 2 aromatic rings. The fourth-order valence-electron chi connectivity index (χ4n) is 1.70. The van der Waals surface area contributed by atoms with Crippen LogP contribution < -0.4 is 11.0 Å². The number of ether oxygens (including phenoxy) is 1. The minimum atomic E-state index is -0.441. The highest BCUT2D eigenvalue weighted by Crippen LogP contribution is 2.24. The molecular formula is C16H17N3O4S2. The van der Waals surface area contributed by atoms with Crippen LogP contribution in [0.2, 0.25) is 0 Å². The molecule has 25 heavy (non-hydrogen) atoms. The number of aryl methyl sites for hydroxylation is 1. The number of nitrogens with zero attached hydrogens (tertiary/aromatic N) is 2. The van der Waals surface area contributed by atoms with Crippen molar-refractivity contribution in [1.29, 1.82) is 0 Å². The Bertz CT molecular complexity index is 780. The van der Waals surface area contributed by atoms with E-state index >= 15 is 0 Å². The summed E-state index contributed by atoms with van der Waals surface area (Å²) in [5.41, 5.74) is 0.478. The van der Waals surface area contributed by atoms with Crippen LogP contribution in [0.15, 0.2) is 47.4 Å². The van der Waals surface area contributed by atoms with Crippen LogP contribution in [-0.4, -0.2) is 26.5 Å². The average molecular weight is 379 g/mol. The van der Waals surface area contributed by atoms with Gasteiger partial charge in [0.15, 0.2) is 0 Å². The van der Waals surface area contributed by atoms with Crippen LogP contribution in [0.5, 0.6) is 0 Å². The molecule has 7 nitrogen and oxygen atoms in total. The zero-order valence-electron chi connectivity index (χ0n) is 13.5. The molecule has 0 saturated carbocycles. The number of hydrogen-bond donors (Lipinski definition) is 1. The number of carbonyl (C=O) groups is 2. The summed E-state index contributed by atoms with van der Waals surface area (Å²) in [6, 6.07) is 10.9. The predicted octanol–water partition coefficient (Wildman–Crippen LogP) is 2.83. The van der Waals surface area contributed by atoms with Crippen molar-refractivity contribution >= 4 is 38.6 Å². The first-order valence-electron chi connectivity index (χ1n) is 7.38. The minimum absolute atomic E-state index is 0.195. The summed E-state index contributed by atoms with van der Waals surface area (Å²) < 4.78 is 6.42. The summed E-state index contributed by atoms with van der Waals surface area (Å²) in [7, 11) is 3.77. The van der Waals surface area contributed by atoms with E-state index in [-0.39, 0.29) is 24.8 Å². The largest absolute Gasteiger partial charge is 0.452 e. The Labute approximate surface area is 152 Å². The van der Waals surface area contributed by atoms with E-state index < -0.39 is 11.0 Å². The zero-order chi connectivity index (χ0) is 18.1. The van der Waals surface area contributed by atoms with E-state index in [0.29, 0.717) is 5.75 Å². The van der Waals surface area contributed by atoms with Crippen molar-refractivity contribution in [2.24, 2.45) is 7.05 Å². The molecule has 2 rings (SSSR count). The molecule has 0 spiro atoms. The summed E-state index contributed by atoms with van der Waals surface area (Å²) in [6.07, 6.45) is 1.72. The molecule has 0 fully saturated rings. The number of carbonyl (C=O) groups excluding carboxylic acids is 2. The van der Waals surface area contributed by atoms with E-state index in [1.807, 2.05) is 30.3 Å². The van der Waals surface area contributed by atoms with Gasteiger partial charge in [-0.15, -0.1) is 0 Å². The highest BCUT2D eigenvalue weighted by molar-refractivity contribution is 8.82. The summed E-state index contributed by atoms with van der Waals surface area (Å²) in [6.45, 7) is 0.225. The van der Waals surface area contributed by atoms with E-state index in [0.717, 1.165) is 16.4 Å². The molecule has 1 heterocycles. The summed E-state index contributed by atoms with van der Waals surface area (Å²) in [5, 5.41) is 2.14. The van der Waals surface area contributed by atoms with Gasteiger partial charge in [-0.05, 0) is 11.6 Å². The van der Waals surface area contributed by atoms with Crippen molar-refractivity contribution in [2.45, 2.75) is 13.0 Å². The summed E-state index contributed by atoms with van der Waals surface area (Å²) >= 11 is 0. The maximum atomic E-state index is 11.8. The Morgan fingerprint density at radius 2 is 2.00 bits per heavy atom. The average Bonchev–Trinajstić information content (AvgIpc) is 2.61. The van der Waals surface area contributed by atoms with E-state index in [9.17, 15) is 14.4 Å². The third-order valence-corrected chi connectivity index (χ3v) is 4.98. The van der Waals surface area contributed by atoms with Crippen LogP contribution >= 0.6 is 21.6 Å². The molecule has 0 bridgehead atoms. The number of aromatic nitrogens is 2. The molecule has 0 aliphatic carbocycles. The Morgan fingerprint density at radius 1 is 1.24 bits per heavy atom. The van der Waals surface area contributed by atoms with E-state index in [2.05, 4.69) is 10.3 Å². The van der Waals surface area contributed by atoms with Gasteiger partial charge < -0.3 is 14.6 Å². The maximum absolute atomic E-state index is 11.8. The van der Waals surface area contributed by atoms with E-state index in [4.69, 9.17) is 4.74 Å². The molecule has 0 unspecified atom stereocenters. The first kappa shape index (κ1) is 19.1. The van der Waals surface area contributed by atoms with Gasteiger partial charge in [0.2, 0.25) is 5.91 Å². The Morgan fingerprint density at radius 3 is 2.72 bits per heavy atom. The van der Waals surface area contributed by atoms with Gasteiger partial charge in [-0.2, -0.15) is 4.98 Å². The molecule has 0 aliphatic rings. The van der Waals surface area contributed by atoms with Crippen LogP contribution in [-0.2, 0) is 23.2 Å². The van der Waals surface area contributed by atoms with E-state index in [1.54, 1.807) is 13.1 Å². The molecular weight excluding hydrogens is 362 g/mol. The number of anilines is 1. The maximum Gasteiger partial charge on any atom is 0.378 e. The fraction of sp³-hybridized carbons (Fsp3) is 0.250. The quantitative estimate of drug-likeness (QED) is 0.449. The van der Waals surface area contributed by atoms with Gasteiger partial charge in [-0.25, -0.2) is 9.59 Å². The number of rotatable bonds is 7. The standard InChI is InChI=1S/C16H17N3O4S2/c1-19-9-7-13(18-15(19)21)17-14(20)8-10-24-25-16(22)23-11-12-5-3-2-4-6-12/h2-7,9H,8,10-11H2,1H3,(H,17,18,20,21). The van der Waals surface area contributed by atoms with Gasteiger partial charge in [0.25, 0.3) is 0 Å². The first-order valence-corrected chi connectivity index (χ1v) is 9.70. The Balaban J connectivity index is 1.61. The van der Waals surface area contributed by atoms with Crippen LogP contribution in [0.25, 0.3) is 0 Å². The van der Waals surface area contributed by atoms with Crippen LogP contribution in [0.1, 0.15) is 12.0 Å². The van der Waals surface area contributed by atoms with Crippen LogP contribution in [0.3, 0.4) is 0 Å². The highest BCUT2D eigenvalue weighted by atomic mass is 33.1. The third-order valence-electron chi connectivity index (χ3n) is 2.98. The molecule has 0 atom stereocenters. The topological polar surface area (TPSA) is 90.3 Å². The summed E-state index contributed by atoms with van der Waals surface area (Å²) in [5.74, 6) is 0.376. The SMILES string of the molecule is Cn1ccc(NC(=O)CCSSC(=O)OCc2ccccc2)nc1=O. The van der Waals surface area contributed by atoms with Gasteiger partial charge in [0.1, 0.15) is 12.4 Å². The highest BCUT2D eigenvalue weighted by Gasteiger charge is 2.08. The smallest absolute Gasteiger partial charge is 0.378 e. The molecule has 0 aliphatic heterocycles. The molecule has 0 saturated heterocycles. The van der Waals surface area contributed by atoms with Gasteiger partial charge in [0.05, 0.1) is 0 Å². The number of amides is 1. The molecule has 1 N–H and O–H groups in total. The lowest BCUT2D eigenvalue weighted by molar-refractivity contribution is -0.115. The van der Waals surface area contributed by atoms with Crippen molar-refractivity contribution in [1.82, 2.24) is 9.55 Å². The molecule has 1 aromatic carbocycles. The lowest BCUT2D eigenvalue weighted by atomic mass is 10.2. The molecule has 1 aromatic heterocycles. The molecule has 9 heteroatoms. The minimum Gasteiger partial charge on any atom is -0.452 e. The van der Waals surface area contributed by atoms with Gasteiger partial charge in [-0.1, -0.05) is 41.1 Å². The number of benzene rings is 1. The van der Waals surface area contributed by atoms with Crippen molar-refractivity contribution in [3.8, 4) is 0 Å². The van der Waals surface area contributed by atoms with Gasteiger partial charge >= 0.3 is 11.0 Å². The van der Waals surface area contributed by atoms with E-state index in [1.165, 1.54) is 21.6 Å². The van der Waals surface area contributed by atoms with Gasteiger partial charge in [0, 0.05) is 36.2 Å².